The zero-order chi connectivity index (χ0) is 14.1. The topological polar surface area (TPSA) is 108 Å². The van der Waals surface area contributed by atoms with Gasteiger partial charge >= 0.3 is 5.97 Å². The number of aromatic nitrogens is 1. The van der Waals surface area contributed by atoms with Gasteiger partial charge < -0.3 is 14.8 Å². The number of ether oxygens (including phenoxy) is 1. The molecule has 1 atom stereocenters. The van der Waals surface area contributed by atoms with E-state index in [4.69, 9.17) is 9.84 Å². The monoisotopic (exact) mass is 288 g/mol. The van der Waals surface area contributed by atoms with Gasteiger partial charge in [0.15, 0.2) is 0 Å². The summed E-state index contributed by atoms with van der Waals surface area (Å²) in [6.07, 6.45) is 2.86. The fraction of sp³-hybridized carbons (Fsp3) is 0.545. The molecule has 7 nitrogen and oxygen atoms in total. The van der Waals surface area contributed by atoms with Gasteiger partial charge in [0.05, 0.1) is 5.60 Å². The molecular formula is C11H16N2O5S. The Morgan fingerprint density at radius 1 is 1.63 bits per heavy atom. The van der Waals surface area contributed by atoms with Crippen LogP contribution in [-0.2, 0) is 14.8 Å². The van der Waals surface area contributed by atoms with Crippen LogP contribution in [0.3, 0.4) is 0 Å². The number of aromatic amines is 1. The highest BCUT2D eigenvalue weighted by Crippen LogP contribution is 2.24. The van der Waals surface area contributed by atoms with Crippen LogP contribution in [0.2, 0.25) is 0 Å². The van der Waals surface area contributed by atoms with Crippen molar-refractivity contribution in [3.05, 3.63) is 18.0 Å². The van der Waals surface area contributed by atoms with Crippen LogP contribution in [0.5, 0.6) is 0 Å². The van der Waals surface area contributed by atoms with Crippen molar-refractivity contribution in [1.82, 2.24) is 9.71 Å². The molecule has 1 aromatic rings. The zero-order valence-corrected chi connectivity index (χ0v) is 11.3. The van der Waals surface area contributed by atoms with Crippen molar-refractivity contribution in [2.45, 2.75) is 30.3 Å². The van der Waals surface area contributed by atoms with E-state index in [-0.39, 0.29) is 17.1 Å². The van der Waals surface area contributed by atoms with Gasteiger partial charge in [-0.25, -0.2) is 17.9 Å². The lowest BCUT2D eigenvalue weighted by atomic mass is 10.0. The van der Waals surface area contributed by atoms with Crippen molar-refractivity contribution in [2.24, 2.45) is 0 Å². The molecule has 0 bridgehead atoms. The van der Waals surface area contributed by atoms with Crippen LogP contribution in [0.15, 0.2) is 17.2 Å². The lowest BCUT2D eigenvalue weighted by Gasteiger charge is -2.23. The van der Waals surface area contributed by atoms with Crippen LogP contribution in [0, 0.1) is 0 Å². The van der Waals surface area contributed by atoms with Crippen molar-refractivity contribution in [3.8, 4) is 0 Å². The minimum absolute atomic E-state index is 0.0912. The average molecular weight is 288 g/mol. The maximum Gasteiger partial charge on any atom is 0.352 e. The SMILES string of the molecule is CC1(CNS(=O)(=O)c2c[nH]c(C(=O)O)c2)CCCO1. The fourth-order valence-electron chi connectivity index (χ4n) is 1.96. The summed E-state index contributed by atoms with van der Waals surface area (Å²) < 4.78 is 31.9. The molecular weight excluding hydrogens is 272 g/mol. The molecule has 106 valence electrons. The summed E-state index contributed by atoms with van der Waals surface area (Å²) in [6.45, 7) is 2.65. The van der Waals surface area contributed by atoms with E-state index in [2.05, 4.69) is 9.71 Å². The lowest BCUT2D eigenvalue weighted by Crippen LogP contribution is -2.39. The van der Waals surface area contributed by atoms with E-state index in [1.54, 1.807) is 0 Å². The molecule has 0 spiro atoms. The van der Waals surface area contributed by atoms with Crippen molar-refractivity contribution in [3.63, 3.8) is 0 Å². The molecule has 0 radical (unpaired) electrons. The van der Waals surface area contributed by atoms with Crippen LogP contribution in [0.1, 0.15) is 30.3 Å². The number of carboxylic acids is 1. The first-order chi connectivity index (χ1) is 8.82. The molecule has 0 aromatic carbocycles. The van der Waals surface area contributed by atoms with Crippen molar-refractivity contribution in [2.75, 3.05) is 13.2 Å². The molecule has 3 N–H and O–H groups in total. The highest BCUT2D eigenvalue weighted by molar-refractivity contribution is 7.89. The molecule has 19 heavy (non-hydrogen) atoms. The number of carboxylic acid groups (broad SMARTS) is 1. The molecule has 1 fully saturated rings. The van der Waals surface area contributed by atoms with Gasteiger partial charge in [-0.05, 0) is 25.8 Å². The molecule has 2 heterocycles. The summed E-state index contributed by atoms with van der Waals surface area (Å²) in [7, 11) is -3.72. The predicted molar refractivity (Wildman–Crippen MR) is 66.5 cm³/mol. The number of nitrogens with one attached hydrogen (secondary N) is 2. The van der Waals surface area contributed by atoms with Gasteiger partial charge in [0.25, 0.3) is 0 Å². The van der Waals surface area contributed by atoms with Gasteiger partial charge in [-0.2, -0.15) is 0 Å². The van der Waals surface area contributed by atoms with Gasteiger partial charge in [-0.15, -0.1) is 0 Å². The fourth-order valence-corrected chi connectivity index (χ4v) is 3.11. The third kappa shape index (κ3) is 3.14. The van der Waals surface area contributed by atoms with Crippen LogP contribution >= 0.6 is 0 Å². The predicted octanol–water partition coefficient (Wildman–Crippen LogP) is 0.560. The Morgan fingerprint density at radius 3 is 2.89 bits per heavy atom. The van der Waals surface area contributed by atoms with E-state index in [0.717, 1.165) is 25.1 Å². The van der Waals surface area contributed by atoms with Crippen LogP contribution < -0.4 is 4.72 Å². The van der Waals surface area contributed by atoms with E-state index in [1.807, 2.05) is 6.92 Å². The summed E-state index contributed by atoms with van der Waals surface area (Å²) in [6, 6.07) is 1.09. The molecule has 0 saturated carbocycles. The Bertz CT molecular complexity index is 572. The Balaban J connectivity index is 2.07. The van der Waals surface area contributed by atoms with E-state index in [9.17, 15) is 13.2 Å². The smallest absolute Gasteiger partial charge is 0.352 e. The molecule has 8 heteroatoms. The van der Waals surface area contributed by atoms with Gasteiger partial charge in [-0.1, -0.05) is 0 Å². The average Bonchev–Trinajstić information content (AvgIpc) is 2.96. The van der Waals surface area contributed by atoms with Crippen molar-refractivity contribution < 1.29 is 23.1 Å². The second kappa shape index (κ2) is 4.95. The number of rotatable bonds is 5. The number of carbonyl (C=O) groups is 1. The Labute approximate surface area is 111 Å². The van der Waals surface area contributed by atoms with Crippen molar-refractivity contribution >= 4 is 16.0 Å². The van der Waals surface area contributed by atoms with Crippen LogP contribution in [0.4, 0.5) is 0 Å². The third-order valence-corrected chi connectivity index (χ3v) is 4.51. The summed E-state index contributed by atoms with van der Waals surface area (Å²) in [4.78, 5) is 13.0. The third-order valence-electron chi connectivity index (χ3n) is 3.13. The summed E-state index contributed by atoms with van der Waals surface area (Å²) in [5.74, 6) is -1.20. The van der Waals surface area contributed by atoms with Gasteiger partial charge in [0, 0.05) is 19.3 Å². The summed E-state index contributed by atoms with van der Waals surface area (Å²) >= 11 is 0. The maximum atomic E-state index is 12.0. The second-order valence-electron chi connectivity index (χ2n) is 4.78. The molecule has 1 aromatic heterocycles. The first kappa shape index (κ1) is 14.0. The molecule has 2 rings (SSSR count). The normalized spacial score (nSPS) is 23.6. The van der Waals surface area contributed by atoms with E-state index in [0.29, 0.717) is 6.61 Å². The minimum Gasteiger partial charge on any atom is -0.477 e. The first-order valence-corrected chi connectivity index (χ1v) is 7.36. The minimum atomic E-state index is -3.72. The molecule has 1 unspecified atom stereocenters. The van der Waals surface area contributed by atoms with Crippen LogP contribution in [-0.4, -0.2) is 43.2 Å². The Kier molecular flexibility index (Phi) is 3.66. The molecule has 0 aliphatic carbocycles. The maximum absolute atomic E-state index is 12.0. The second-order valence-corrected chi connectivity index (χ2v) is 6.55. The summed E-state index contributed by atoms with van der Waals surface area (Å²) in [5, 5.41) is 8.74. The zero-order valence-electron chi connectivity index (χ0n) is 10.5. The van der Waals surface area contributed by atoms with E-state index >= 15 is 0 Å². The Morgan fingerprint density at radius 2 is 2.37 bits per heavy atom. The van der Waals surface area contributed by atoms with Gasteiger partial charge in [0.2, 0.25) is 10.0 Å². The molecule has 0 amide bonds. The summed E-state index contributed by atoms with van der Waals surface area (Å²) in [5.41, 5.74) is -0.650. The molecule has 1 aliphatic heterocycles. The quantitative estimate of drug-likeness (QED) is 0.733. The highest BCUT2D eigenvalue weighted by atomic mass is 32.2. The standard InChI is InChI=1S/C11H16N2O5S/c1-11(3-2-4-18-11)7-13-19(16,17)8-5-9(10(14)15)12-6-8/h5-6,12-13H,2-4,7H2,1H3,(H,14,15). The highest BCUT2D eigenvalue weighted by Gasteiger charge is 2.31. The van der Waals surface area contributed by atoms with Crippen LogP contribution in [0.25, 0.3) is 0 Å². The lowest BCUT2D eigenvalue weighted by molar-refractivity contribution is 0.0250. The largest absolute Gasteiger partial charge is 0.477 e. The molecule has 1 aliphatic rings. The van der Waals surface area contributed by atoms with E-state index in [1.165, 1.54) is 0 Å². The first-order valence-electron chi connectivity index (χ1n) is 5.88. The number of hydrogen-bond acceptors (Lipinski definition) is 4. The van der Waals surface area contributed by atoms with Gasteiger partial charge in [-0.3, -0.25) is 0 Å². The number of sulfonamides is 1. The number of H-pyrrole nitrogens is 1. The number of aromatic carboxylic acids is 1. The van der Waals surface area contributed by atoms with Crippen molar-refractivity contribution in [1.29, 1.82) is 0 Å². The van der Waals surface area contributed by atoms with Gasteiger partial charge in [0.1, 0.15) is 10.6 Å². The van der Waals surface area contributed by atoms with E-state index < -0.39 is 21.6 Å². The Hall–Kier alpha value is -1.38. The number of hydrogen-bond donors (Lipinski definition) is 3. The molecule has 1 saturated heterocycles.